The number of phenols is 1. The van der Waals surface area contributed by atoms with E-state index < -0.39 is 11.9 Å². The van der Waals surface area contributed by atoms with Gasteiger partial charge in [-0.2, -0.15) is 0 Å². The molecule has 1 aliphatic rings. The summed E-state index contributed by atoms with van der Waals surface area (Å²) in [6, 6.07) is 7.93. The van der Waals surface area contributed by atoms with Crippen LogP contribution in [0.3, 0.4) is 0 Å². The van der Waals surface area contributed by atoms with E-state index in [4.69, 9.17) is 9.47 Å². The number of hydrogen-bond donors (Lipinski definition) is 3. The van der Waals surface area contributed by atoms with Crippen molar-refractivity contribution in [3.8, 4) is 17.2 Å². The van der Waals surface area contributed by atoms with Crippen molar-refractivity contribution in [2.24, 2.45) is 5.92 Å². The Morgan fingerprint density at radius 3 is 2.34 bits per heavy atom. The fourth-order valence-electron chi connectivity index (χ4n) is 4.48. The normalized spacial score (nSPS) is 14.6. The van der Waals surface area contributed by atoms with Crippen molar-refractivity contribution >= 4 is 23.5 Å². The maximum absolute atomic E-state index is 12.9. The summed E-state index contributed by atoms with van der Waals surface area (Å²) in [6.07, 6.45) is 5.82. The zero-order chi connectivity index (χ0) is 25.5. The number of nitrogens with one attached hydrogen (secondary N) is 2. The lowest BCUT2D eigenvalue weighted by atomic mass is 9.84. The molecule has 0 spiro atoms. The number of aromatic hydroxyl groups is 1. The first-order valence-corrected chi connectivity index (χ1v) is 12.1. The predicted molar refractivity (Wildman–Crippen MR) is 133 cm³/mol. The van der Waals surface area contributed by atoms with E-state index in [0.29, 0.717) is 34.2 Å². The van der Waals surface area contributed by atoms with Crippen molar-refractivity contribution in [1.82, 2.24) is 5.32 Å². The summed E-state index contributed by atoms with van der Waals surface area (Å²) < 4.78 is 10.8. The highest BCUT2D eigenvalue weighted by atomic mass is 16.5. The molecule has 0 bridgehead atoms. The fourth-order valence-corrected chi connectivity index (χ4v) is 4.48. The summed E-state index contributed by atoms with van der Waals surface area (Å²) in [5, 5.41) is 15.9. The number of hydrogen-bond acceptors (Lipinski definition) is 6. The predicted octanol–water partition coefficient (Wildman–Crippen LogP) is 5.00. The van der Waals surface area contributed by atoms with Crippen molar-refractivity contribution in [2.75, 3.05) is 11.9 Å². The summed E-state index contributed by atoms with van der Waals surface area (Å²) >= 11 is 0. The van der Waals surface area contributed by atoms with Gasteiger partial charge in [-0.15, -0.1) is 0 Å². The molecule has 0 saturated heterocycles. The van der Waals surface area contributed by atoms with Gasteiger partial charge in [0.1, 0.15) is 17.2 Å². The Kier molecular flexibility index (Phi) is 8.73. The lowest BCUT2D eigenvalue weighted by Crippen LogP contribution is -2.38. The number of aryl methyl sites for hydroxylation is 2. The monoisotopic (exact) mass is 482 g/mol. The maximum Gasteiger partial charge on any atom is 0.397 e. The molecule has 0 aliphatic heterocycles. The SMILES string of the molecule is CCOC(=O)C(=O)Nc1cc(C)c(Oc2ccc(O)c(C(=O)N[C@H](C)C3CCCCC3)c2)c(C)c1. The molecule has 0 radical (unpaired) electrons. The first-order valence-electron chi connectivity index (χ1n) is 12.1. The quantitative estimate of drug-likeness (QED) is 0.378. The van der Waals surface area contributed by atoms with E-state index in [1.165, 1.54) is 31.4 Å². The third-order valence-corrected chi connectivity index (χ3v) is 6.33. The number of carbonyl (C=O) groups excluding carboxylic acids is 3. The minimum absolute atomic E-state index is 0.0219. The van der Waals surface area contributed by atoms with Crippen LogP contribution in [0.4, 0.5) is 5.69 Å². The van der Waals surface area contributed by atoms with E-state index in [2.05, 4.69) is 10.6 Å². The molecule has 1 aliphatic carbocycles. The van der Waals surface area contributed by atoms with Crippen molar-refractivity contribution in [3.63, 3.8) is 0 Å². The molecule has 8 heteroatoms. The molecule has 0 aromatic heterocycles. The van der Waals surface area contributed by atoms with Gasteiger partial charge in [0.15, 0.2) is 0 Å². The van der Waals surface area contributed by atoms with Crippen molar-refractivity contribution < 1.29 is 29.0 Å². The van der Waals surface area contributed by atoms with Crippen LogP contribution >= 0.6 is 0 Å². The highest BCUT2D eigenvalue weighted by molar-refractivity contribution is 6.37. The Morgan fingerprint density at radius 2 is 1.71 bits per heavy atom. The van der Waals surface area contributed by atoms with Gasteiger partial charge in [0.25, 0.3) is 5.91 Å². The molecule has 2 aromatic carbocycles. The summed E-state index contributed by atoms with van der Waals surface area (Å²) in [6.45, 7) is 7.37. The zero-order valence-corrected chi connectivity index (χ0v) is 20.8. The van der Waals surface area contributed by atoms with Crippen LogP contribution in [0.2, 0.25) is 0 Å². The van der Waals surface area contributed by atoms with Gasteiger partial charge in [0.05, 0.1) is 12.2 Å². The Morgan fingerprint density at radius 1 is 1.06 bits per heavy atom. The van der Waals surface area contributed by atoms with Gasteiger partial charge < -0.3 is 25.2 Å². The molecule has 1 atom stereocenters. The molecule has 35 heavy (non-hydrogen) atoms. The van der Waals surface area contributed by atoms with Gasteiger partial charge in [-0.05, 0) is 87.9 Å². The second kappa shape index (κ2) is 11.7. The zero-order valence-electron chi connectivity index (χ0n) is 20.8. The van der Waals surface area contributed by atoms with Crippen molar-refractivity contribution in [2.45, 2.75) is 65.8 Å². The number of carbonyl (C=O) groups is 3. The van der Waals surface area contributed by atoms with Crippen LogP contribution in [0.5, 0.6) is 17.2 Å². The van der Waals surface area contributed by atoms with Crippen LogP contribution in [-0.4, -0.2) is 35.5 Å². The number of benzene rings is 2. The molecular formula is C27H34N2O6. The van der Waals surface area contributed by atoms with Gasteiger partial charge >= 0.3 is 11.9 Å². The van der Waals surface area contributed by atoms with Gasteiger partial charge in [0.2, 0.25) is 0 Å². The Hall–Kier alpha value is -3.55. The van der Waals surface area contributed by atoms with Crippen molar-refractivity contribution in [3.05, 3.63) is 47.0 Å². The van der Waals surface area contributed by atoms with Crippen LogP contribution < -0.4 is 15.4 Å². The highest BCUT2D eigenvalue weighted by Gasteiger charge is 2.23. The second-order valence-electron chi connectivity index (χ2n) is 9.06. The van der Waals surface area contributed by atoms with E-state index in [-0.39, 0.29) is 29.9 Å². The molecule has 188 valence electrons. The molecule has 2 amide bonds. The average molecular weight is 483 g/mol. The van der Waals surface area contributed by atoms with E-state index in [1.54, 1.807) is 25.1 Å². The fraction of sp³-hybridized carbons (Fsp3) is 0.444. The topological polar surface area (TPSA) is 114 Å². The third-order valence-electron chi connectivity index (χ3n) is 6.33. The molecule has 1 saturated carbocycles. The van der Waals surface area contributed by atoms with E-state index in [1.807, 2.05) is 20.8 Å². The standard InChI is InChI=1S/C27H34N2O6/c1-5-34-27(33)26(32)29-20-13-16(2)24(17(3)14-20)35-21-11-12-23(30)22(15-21)25(31)28-18(4)19-9-7-6-8-10-19/h11-15,18-19,30H,5-10H2,1-4H3,(H,28,31)(H,29,32)/t18-/m1/s1. The van der Waals surface area contributed by atoms with Gasteiger partial charge in [-0.3, -0.25) is 9.59 Å². The van der Waals surface area contributed by atoms with Crippen LogP contribution in [0, 0.1) is 19.8 Å². The molecule has 3 N–H and O–H groups in total. The number of rotatable bonds is 7. The Balaban J connectivity index is 1.73. The van der Waals surface area contributed by atoms with Crippen LogP contribution in [0.15, 0.2) is 30.3 Å². The summed E-state index contributed by atoms with van der Waals surface area (Å²) in [4.78, 5) is 36.4. The van der Waals surface area contributed by atoms with Crippen molar-refractivity contribution in [1.29, 1.82) is 0 Å². The minimum Gasteiger partial charge on any atom is -0.507 e. The smallest absolute Gasteiger partial charge is 0.397 e. The van der Waals surface area contributed by atoms with E-state index in [9.17, 15) is 19.5 Å². The van der Waals surface area contributed by atoms with Crippen LogP contribution in [0.1, 0.15) is 67.4 Å². The summed E-state index contributed by atoms with van der Waals surface area (Å²) in [7, 11) is 0. The van der Waals surface area contributed by atoms with Gasteiger partial charge in [-0.25, -0.2) is 4.79 Å². The molecule has 0 unspecified atom stereocenters. The first kappa shape index (κ1) is 26.1. The third kappa shape index (κ3) is 6.74. The van der Waals surface area contributed by atoms with Gasteiger partial charge in [-0.1, -0.05) is 19.3 Å². The molecule has 2 aromatic rings. The number of esters is 1. The van der Waals surface area contributed by atoms with E-state index >= 15 is 0 Å². The lowest BCUT2D eigenvalue weighted by molar-refractivity contribution is -0.152. The lowest BCUT2D eigenvalue weighted by Gasteiger charge is -2.28. The summed E-state index contributed by atoms with van der Waals surface area (Å²) in [5.41, 5.74) is 2.02. The Labute approximate surface area is 206 Å². The summed E-state index contributed by atoms with van der Waals surface area (Å²) in [5.74, 6) is -0.860. The van der Waals surface area contributed by atoms with Gasteiger partial charge in [0, 0.05) is 11.7 Å². The molecule has 3 rings (SSSR count). The second-order valence-corrected chi connectivity index (χ2v) is 9.06. The number of ether oxygens (including phenoxy) is 2. The average Bonchev–Trinajstić information content (AvgIpc) is 2.83. The molecule has 8 nitrogen and oxygen atoms in total. The first-order chi connectivity index (χ1) is 16.7. The van der Waals surface area contributed by atoms with Crippen LogP contribution in [0.25, 0.3) is 0 Å². The number of phenolic OH excluding ortho intramolecular Hbond substituents is 1. The minimum atomic E-state index is -0.948. The number of amides is 2. The van der Waals surface area contributed by atoms with Crippen LogP contribution in [-0.2, 0) is 14.3 Å². The molecule has 0 heterocycles. The highest BCUT2D eigenvalue weighted by Crippen LogP contribution is 2.34. The van der Waals surface area contributed by atoms with E-state index in [0.717, 1.165) is 12.8 Å². The molecular weight excluding hydrogens is 448 g/mol. The largest absolute Gasteiger partial charge is 0.507 e. The molecule has 1 fully saturated rings. The Bertz CT molecular complexity index is 1070. The maximum atomic E-state index is 12.9. The number of anilines is 1.